The third-order valence-electron chi connectivity index (χ3n) is 19.2. The van der Waals surface area contributed by atoms with Gasteiger partial charge in [0, 0.05) is 101 Å². The topological polar surface area (TPSA) is 174 Å². The lowest BCUT2D eigenvalue weighted by atomic mass is 9.64. The highest BCUT2D eigenvalue weighted by Crippen LogP contribution is 2.64. The first-order valence-electron chi connectivity index (χ1n) is 29.4. The Morgan fingerprint density at radius 1 is 0.975 bits per heavy atom. The normalized spacial score (nSPS) is 29.2. The number of ketones is 1. The largest absolute Gasteiger partial charge is 0.508 e. The standard InChI is InChI=1S/C66H74N4O8S2/c1-37(71)76-34-53-49-20-21-50-59-41(29-45(73)30-56(59)75-2)32-66-27-26-40(31-66)46(19-14-38-8-4-3-5-9-38)47-23-25-58(67)70-54(47)13-7-12-48-52(33-68-42-15-17-44(72)18-16-42)62(74)65-51(60(48)63(53)78-64(49)61(50)66)22-24-55-57(77-65)36-80-79-35-39-10-6-11-43(28-39)69-55/h3-5,8-9,20-25,29-30,39-40,42-43,46,53,55,57-58,63,68-70,73-74H,6,10-12,14-19,26-28,31-36,67H2,1-2H3/t39-,40-,43-,46-,53-,55-,57-,58?,63-,66+/m0/s1. The Balaban J connectivity index is 1.06. The third kappa shape index (κ3) is 10.2. The van der Waals surface area contributed by atoms with Crippen LogP contribution in [-0.2, 0) is 45.5 Å². The predicted octanol–water partition coefficient (Wildman–Crippen LogP) is 10.9. The zero-order chi connectivity index (χ0) is 54.6. The number of ether oxygens (including phenoxy) is 4. The van der Waals surface area contributed by atoms with Crippen molar-refractivity contribution in [2.45, 2.75) is 158 Å². The van der Waals surface area contributed by atoms with Crippen LogP contribution >= 0.6 is 21.6 Å². The van der Waals surface area contributed by atoms with Gasteiger partial charge in [-0.2, -0.15) is 0 Å². The Bertz CT molecular complexity index is 3250. The Kier molecular flexibility index (Phi) is 15.0. The summed E-state index contributed by atoms with van der Waals surface area (Å²) in [4.78, 5) is 25.7. The number of phenolic OH excluding ortho intramolecular Hbond substituents is 2. The number of rotatable bonds is 9. The summed E-state index contributed by atoms with van der Waals surface area (Å²) in [6, 6.07) is 19.0. The number of Topliss-reactive ketones (excluding diaryl/α,β-unsaturated/α-hetero) is 1. The number of fused-ring (bicyclic) bond motifs is 11. The average molecular weight is 1120 g/mol. The zero-order valence-electron chi connectivity index (χ0n) is 46.0. The van der Waals surface area contributed by atoms with Gasteiger partial charge in [-0.25, -0.2) is 0 Å². The quantitative estimate of drug-likeness (QED) is 0.0531. The molecule has 0 amide bonds. The van der Waals surface area contributed by atoms with Crippen molar-refractivity contribution < 1.29 is 38.7 Å². The summed E-state index contributed by atoms with van der Waals surface area (Å²) in [5, 5.41) is 36.1. The molecule has 3 saturated carbocycles. The monoisotopic (exact) mass is 1110 g/mol. The number of phenols is 2. The molecule has 13 rings (SSSR count). The summed E-state index contributed by atoms with van der Waals surface area (Å²) < 4.78 is 27.6. The fourth-order valence-corrected chi connectivity index (χ4v) is 18.1. The van der Waals surface area contributed by atoms with Crippen LogP contribution in [0.4, 0.5) is 0 Å². The van der Waals surface area contributed by atoms with Crippen LogP contribution in [0.2, 0.25) is 0 Å². The average Bonchev–Trinajstić information content (AvgIpc) is 4.16. The second kappa shape index (κ2) is 22.5. The van der Waals surface area contributed by atoms with Crippen LogP contribution < -0.4 is 35.9 Å². The summed E-state index contributed by atoms with van der Waals surface area (Å²) in [6.07, 6.45) is 19.8. The van der Waals surface area contributed by atoms with Gasteiger partial charge < -0.3 is 50.8 Å². The number of nitrogens with one attached hydrogen (secondary N) is 3. The van der Waals surface area contributed by atoms with Crippen molar-refractivity contribution in [3.8, 4) is 51.7 Å². The van der Waals surface area contributed by atoms with E-state index in [9.17, 15) is 19.8 Å². The number of allylic oxidation sites excluding steroid dienone is 3. The molecule has 5 heterocycles. The molecule has 80 heavy (non-hydrogen) atoms. The molecule has 1 saturated heterocycles. The number of nitrogens with two attached hydrogens (primary N) is 1. The number of hydrogen-bond acceptors (Lipinski definition) is 14. The number of dihydropyridines is 1. The lowest BCUT2D eigenvalue weighted by Gasteiger charge is -2.40. The van der Waals surface area contributed by atoms with Crippen molar-refractivity contribution in [3.05, 3.63) is 129 Å². The molecule has 9 aliphatic rings. The Hall–Kier alpha value is -5.82. The summed E-state index contributed by atoms with van der Waals surface area (Å²) in [5.74, 6) is 11.7. The first-order valence-corrected chi connectivity index (χ1v) is 31.9. The van der Waals surface area contributed by atoms with Crippen LogP contribution in [0, 0.1) is 29.6 Å². The van der Waals surface area contributed by atoms with Gasteiger partial charge in [0.15, 0.2) is 11.5 Å². The van der Waals surface area contributed by atoms with Gasteiger partial charge in [-0.3, -0.25) is 9.59 Å². The van der Waals surface area contributed by atoms with E-state index in [1.807, 2.05) is 27.7 Å². The van der Waals surface area contributed by atoms with Gasteiger partial charge in [0.2, 0.25) is 0 Å². The van der Waals surface area contributed by atoms with Gasteiger partial charge in [-0.05, 0) is 134 Å². The molecule has 0 aromatic heterocycles. The number of aromatic hydroxyl groups is 2. The predicted molar refractivity (Wildman–Crippen MR) is 316 cm³/mol. The molecule has 7 N–H and O–H groups in total. The molecular weight excluding hydrogens is 1040 g/mol. The SMILES string of the molecule is COc1cc(O)cc2c1-c1ccc3c4c1[C@@]1(CC[C@@H](C1)[C@H](CCc1ccccc1)C1=C(C#CCc5c(CNC6CCC(=O)CC6)c(O)c6c(c5[C@@H](O4)[C@H]3COC(C)=O)C=C[C@@H]3N[C@H]4CCC[C@H](CSSC[C@@H]3O6)C4)NC(N)C=C1)C2. The fourth-order valence-electron chi connectivity index (χ4n) is 15.4. The Morgan fingerprint density at radius 2 is 1.82 bits per heavy atom. The molecule has 418 valence electrons. The van der Waals surface area contributed by atoms with E-state index in [4.69, 9.17) is 24.7 Å². The molecular formula is C66H74N4O8S2. The summed E-state index contributed by atoms with van der Waals surface area (Å²) in [6.45, 7) is 1.82. The van der Waals surface area contributed by atoms with E-state index in [1.54, 1.807) is 13.2 Å². The van der Waals surface area contributed by atoms with Crippen LogP contribution in [0.5, 0.6) is 28.7 Å². The number of methoxy groups -OCH3 is 1. The number of benzene rings is 4. The van der Waals surface area contributed by atoms with Crippen LogP contribution in [0.15, 0.2) is 84.1 Å². The van der Waals surface area contributed by atoms with Crippen LogP contribution in [0.25, 0.3) is 17.2 Å². The van der Waals surface area contributed by atoms with E-state index >= 15 is 0 Å². The highest BCUT2D eigenvalue weighted by Gasteiger charge is 2.53. The van der Waals surface area contributed by atoms with Crippen molar-refractivity contribution in [2.24, 2.45) is 23.5 Å². The molecule has 4 aromatic carbocycles. The van der Waals surface area contributed by atoms with Gasteiger partial charge in [-0.1, -0.05) is 94.6 Å². The van der Waals surface area contributed by atoms with E-state index in [2.05, 4.69) is 94.6 Å². The second-order valence-electron chi connectivity index (χ2n) is 24.1. The molecule has 4 fully saturated rings. The molecule has 4 aliphatic carbocycles. The number of carbonyl (C=O) groups excluding carboxylic acids is 2. The van der Waals surface area contributed by atoms with Crippen molar-refractivity contribution in [1.29, 1.82) is 0 Å². The highest BCUT2D eigenvalue weighted by molar-refractivity contribution is 8.76. The number of carbonyl (C=O) groups is 2. The third-order valence-corrected chi connectivity index (χ3v) is 21.8. The molecule has 10 atom stereocenters. The Morgan fingerprint density at radius 3 is 2.66 bits per heavy atom. The molecule has 5 aliphatic heterocycles. The van der Waals surface area contributed by atoms with Gasteiger partial charge in [-0.15, -0.1) is 0 Å². The van der Waals surface area contributed by atoms with Crippen molar-refractivity contribution in [3.63, 3.8) is 0 Å². The first-order chi connectivity index (χ1) is 39.0. The van der Waals surface area contributed by atoms with Gasteiger partial charge >= 0.3 is 5.97 Å². The van der Waals surface area contributed by atoms with Gasteiger partial charge in [0.25, 0.3) is 0 Å². The lowest BCUT2D eigenvalue weighted by Crippen LogP contribution is -2.49. The minimum absolute atomic E-state index is 0.0552. The zero-order valence-corrected chi connectivity index (χ0v) is 47.6. The van der Waals surface area contributed by atoms with Crippen LogP contribution in [0.3, 0.4) is 0 Å². The molecule has 12 nitrogen and oxygen atoms in total. The number of aryl methyl sites for hydroxylation is 1. The van der Waals surface area contributed by atoms with E-state index in [-0.39, 0.29) is 66.3 Å². The minimum atomic E-state index is -0.713. The number of hydrogen-bond donors (Lipinski definition) is 6. The molecule has 14 heteroatoms. The van der Waals surface area contributed by atoms with Crippen molar-refractivity contribution in [2.75, 3.05) is 25.2 Å². The molecule has 6 bridgehead atoms. The maximum Gasteiger partial charge on any atom is 0.302 e. The Labute approximate surface area is 478 Å². The maximum atomic E-state index is 13.2. The summed E-state index contributed by atoms with van der Waals surface area (Å²) in [5.41, 5.74) is 17.8. The molecule has 0 radical (unpaired) electrons. The van der Waals surface area contributed by atoms with Crippen LogP contribution in [0.1, 0.15) is 141 Å². The molecule has 1 spiro atoms. The van der Waals surface area contributed by atoms with Gasteiger partial charge in [0.1, 0.15) is 41.8 Å². The maximum absolute atomic E-state index is 13.2. The summed E-state index contributed by atoms with van der Waals surface area (Å²) in [7, 11) is 5.45. The van der Waals surface area contributed by atoms with E-state index in [0.29, 0.717) is 73.4 Å². The summed E-state index contributed by atoms with van der Waals surface area (Å²) >= 11 is 0. The highest BCUT2D eigenvalue weighted by atomic mass is 33.1. The van der Waals surface area contributed by atoms with Gasteiger partial charge in [0.05, 0.1) is 30.9 Å². The van der Waals surface area contributed by atoms with E-state index in [0.717, 1.165) is 112 Å². The van der Waals surface area contributed by atoms with E-state index in [1.165, 1.54) is 25.3 Å². The lowest BCUT2D eigenvalue weighted by molar-refractivity contribution is -0.142. The van der Waals surface area contributed by atoms with E-state index < -0.39 is 23.6 Å². The van der Waals surface area contributed by atoms with Crippen molar-refractivity contribution >= 4 is 39.4 Å². The fraction of sp³-hybridized carbons (Fsp3) is 0.485. The molecule has 4 aromatic rings. The first kappa shape index (κ1) is 53.5. The number of esters is 1. The van der Waals surface area contributed by atoms with Crippen LogP contribution in [-0.4, -0.2) is 77.6 Å². The minimum Gasteiger partial charge on any atom is -0.508 e. The molecule has 1 unspecified atom stereocenters. The van der Waals surface area contributed by atoms with Crippen molar-refractivity contribution in [1.82, 2.24) is 16.0 Å². The smallest absolute Gasteiger partial charge is 0.302 e. The second-order valence-corrected chi connectivity index (χ2v) is 26.7.